The van der Waals surface area contributed by atoms with E-state index in [0.29, 0.717) is 12.5 Å². The first-order valence-corrected chi connectivity index (χ1v) is 13.9. The van der Waals surface area contributed by atoms with Crippen LogP contribution in [0.3, 0.4) is 0 Å². The van der Waals surface area contributed by atoms with Crippen LogP contribution in [0.4, 0.5) is 0 Å². The third kappa shape index (κ3) is 22.9. The fourth-order valence-corrected chi connectivity index (χ4v) is 2.82. The van der Waals surface area contributed by atoms with Gasteiger partial charge in [-0.2, -0.15) is 0 Å². The van der Waals surface area contributed by atoms with E-state index < -0.39 is 17.4 Å². The maximum Gasteiger partial charge on any atom is 0.329 e. The number of carbonyl (C=O) groups is 3. The largest absolute Gasteiger partial charge is 0.480 e. The van der Waals surface area contributed by atoms with Gasteiger partial charge in [-0.05, 0) is 30.9 Å². The number of hydrogen-bond donors (Lipinski definition) is 3. The summed E-state index contributed by atoms with van der Waals surface area (Å²) in [5.41, 5.74) is 1.81. The highest BCUT2D eigenvalue weighted by atomic mass is 16.5. The van der Waals surface area contributed by atoms with Crippen LogP contribution < -0.4 is 10.6 Å². The molecule has 39 heavy (non-hydrogen) atoms. The van der Waals surface area contributed by atoms with Gasteiger partial charge in [0, 0.05) is 13.6 Å². The number of nitrogens with zero attached hydrogens (tertiary/aromatic N) is 1. The maximum absolute atomic E-state index is 12.7. The average molecular weight is 552 g/mol. The molecule has 1 atom stereocenters. The summed E-state index contributed by atoms with van der Waals surface area (Å²) in [5.74, 6) is -0.790. The third-order valence-electron chi connectivity index (χ3n) is 4.87. The Labute approximate surface area is 238 Å². The smallest absolute Gasteiger partial charge is 0.329 e. The van der Waals surface area contributed by atoms with Gasteiger partial charge in [0.2, 0.25) is 11.8 Å². The summed E-state index contributed by atoms with van der Waals surface area (Å²) < 4.78 is 5.00. The van der Waals surface area contributed by atoms with Crippen molar-refractivity contribution >= 4 is 17.8 Å². The Hall–Kier alpha value is -2.71. The molecular weight excluding hydrogens is 494 g/mol. The SMILES string of the molecule is CC.CC(C)c1ccccc1.CCC.CNCC(=O)NC(C(=O)N(C)C/C=C(\C)COCC(=O)O)C(C)(C)C. The first-order chi connectivity index (χ1) is 18.2. The Bertz CT molecular complexity index is 802. The minimum absolute atomic E-state index is 0.142. The molecule has 0 saturated carbocycles. The second kappa shape index (κ2) is 24.3. The number of aliphatic carboxylic acids is 1. The number of carboxylic acids is 1. The highest BCUT2D eigenvalue weighted by molar-refractivity contribution is 5.89. The zero-order valence-electron chi connectivity index (χ0n) is 26.7. The van der Waals surface area contributed by atoms with Gasteiger partial charge in [0.15, 0.2) is 0 Å². The van der Waals surface area contributed by atoms with E-state index in [1.165, 1.54) is 16.9 Å². The summed E-state index contributed by atoms with van der Waals surface area (Å²) in [6.45, 7) is 20.5. The molecule has 0 fully saturated rings. The Kier molecular flexibility index (Phi) is 25.5. The molecule has 226 valence electrons. The molecule has 8 heteroatoms. The monoisotopic (exact) mass is 551 g/mol. The Morgan fingerprint density at radius 3 is 1.95 bits per heavy atom. The third-order valence-corrected chi connectivity index (χ3v) is 4.87. The first-order valence-electron chi connectivity index (χ1n) is 13.9. The molecule has 0 aliphatic rings. The lowest BCUT2D eigenvalue weighted by Gasteiger charge is -2.33. The number of hydrogen-bond acceptors (Lipinski definition) is 5. The zero-order chi connectivity index (χ0) is 31.0. The van der Waals surface area contributed by atoms with Gasteiger partial charge in [-0.3, -0.25) is 9.59 Å². The van der Waals surface area contributed by atoms with Crippen LogP contribution in [0.1, 0.15) is 87.1 Å². The van der Waals surface area contributed by atoms with Crippen molar-refractivity contribution in [2.24, 2.45) is 5.41 Å². The normalized spacial score (nSPS) is 11.5. The standard InChI is InChI=1S/C17H31N3O5.C9H12.C3H8.C2H6/c1-12(10-25-11-14(22)23)7-8-20(6)16(24)15(17(2,3)4)19-13(21)9-18-5;1-8(2)9-6-4-3-5-7-9;1-3-2;1-2/h7,15,18H,8-11H2,1-6H3,(H,19,21)(H,22,23);3-8H,1-2H3;3H2,1-2H3;1-2H3/b12-7+;;;. The first kappa shape index (κ1) is 40.8. The van der Waals surface area contributed by atoms with Gasteiger partial charge < -0.3 is 25.4 Å². The lowest BCUT2D eigenvalue weighted by molar-refractivity contribution is -0.141. The summed E-state index contributed by atoms with van der Waals surface area (Å²) in [7, 11) is 3.33. The molecule has 1 rings (SSSR count). The minimum Gasteiger partial charge on any atom is -0.480 e. The van der Waals surface area contributed by atoms with Crippen LogP contribution in [-0.4, -0.2) is 74.2 Å². The molecule has 3 N–H and O–H groups in total. The molecule has 0 radical (unpaired) electrons. The molecule has 0 bridgehead atoms. The Morgan fingerprint density at radius 1 is 1.05 bits per heavy atom. The van der Waals surface area contributed by atoms with Gasteiger partial charge >= 0.3 is 5.97 Å². The quantitative estimate of drug-likeness (QED) is 0.314. The number of nitrogens with one attached hydrogen (secondary N) is 2. The minimum atomic E-state index is -1.02. The number of ether oxygens (including phenoxy) is 1. The molecule has 0 spiro atoms. The van der Waals surface area contributed by atoms with Gasteiger partial charge in [0.1, 0.15) is 12.6 Å². The molecule has 0 aliphatic carbocycles. The zero-order valence-corrected chi connectivity index (χ0v) is 26.7. The predicted octanol–water partition coefficient (Wildman–Crippen LogP) is 5.50. The molecule has 1 aromatic rings. The number of amides is 2. The predicted molar refractivity (Wildman–Crippen MR) is 163 cm³/mol. The summed E-state index contributed by atoms with van der Waals surface area (Å²) in [4.78, 5) is 36.5. The Balaban J connectivity index is -0.000000755. The lowest BCUT2D eigenvalue weighted by Crippen LogP contribution is -2.55. The molecule has 1 unspecified atom stereocenters. The van der Waals surface area contributed by atoms with Crippen molar-refractivity contribution in [3.8, 4) is 0 Å². The van der Waals surface area contributed by atoms with Crippen LogP contribution in [0.5, 0.6) is 0 Å². The van der Waals surface area contributed by atoms with Crippen molar-refractivity contribution in [2.75, 3.05) is 40.4 Å². The molecule has 0 aromatic heterocycles. The summed E-state index contributed by atoms with van der Waals surface area (Å²) in [5, 5.41) is 14.1. The van der Waals surface area contributed by atoms with Gasteiger partial charge in [-0.1, -0.05) is 111 Å². The van der Waals surface area contributed by atoms with Crippen molar-refractivity contribution in [1.82, 2.24) is 15.5 Å². The highest BCUT2D eigenvalue weighted by Crippen LogP contribution is 2.21. The van der Waals surface area contributed by atoms with Crippen LogP contribution >= 0.6 is 0 Å². The summed E-state index contributed by atoms with van der Waals surface area (Å²) >= 11 is 0. The number of rotatable bonds is 11. The highest BCUT2D eigenvalue weighted by Gasteiger charge is 2.34. The van der Waals surface area contributed by atoms with Gasteiger partial charge in [0.25, 0.3) is 0 Å². The topological polar surface area (TPSA) is 108 Å². The average Bonchev–Trinajstić information content (AvgIpc) is 2.87. The molecule has 0 saturated heterocycles. The molecular formula is C31H57N3O5. The van der Waals surface area contributed by atoms with E-state index >= 15 is 0 Å². The van der Waals surface area contributed by atoms with E-state index in [9.17, 15) is 14.4 Å². The lowest BCUT2D eigenvalue weighted by atomic mass is 9.85. The van der Waals surface area contributed by atoms with Crippen LogP contribution in [0.2, 0.25) is 0 Å². The van der Waals surface area contributed by atoms with Crippen molar-refractivity contribution in [2.45, 2.75) is 87.6 Å². The summed E-state index contributed by atoms with van der Waals surface area (Å²) in [6.07, 6.45) is 3.05. The van der Waals surface area contributed by atoms with Crippen LogP contribution in [0, 0.1) is 5.41 Å². The number of carboxylic acid groups (broad SMARTS) is 1. The Morgan fingerprint density at radius 2 is 1.56 bits per heavy atom. The van der Waals surface area contributed by atoms with Crippen LogP contribution in [0.25, 0.3) is 0 Å². The van der Waals surface area contributed by atoms with Crippen molar-refractivity contribution in [3.05, 3.63) is 47.5 Å². The van der Waals surface area contributed by atoms with Crippen molar-refractivity contribution in [1.29, 1.82) is 0 Å². The van der Waals surface area contributed by atoms with E-state index in [1.807, 2.05) is 40.7 Å². The van der Waals surface area contributed by atoms with Crippen molar-refractivity contribution < 1.29 is 24.2 Å². The number of likely N-dealkylation sites (N-methyl/N-ethyl adjacent to an activating group) is 2. The van der Waals surface area contributed by atoms with E-state index in [2.05, 4.69) is 62.6 Å². The van der Waals surface area contributed by atoms with E-state index in [4.69, 9.17) is 9.84 Å². The fraction of sp³-hybridized carbons (Fsp3) is 0.645. The summed E-state index contributed by atoms with van der Waals surface area (Å²) in [6, 6.07) is 9.88. The van der Waals surface area contributed by atoms with E-state index in [1.54, 1.807) is 27.1 Å². The number of carbonyl (C=O) groups excluding carboxylic acids is 2. The van der Waals surface area contributed by atoms with Crippen LogP contribution in [-0.2, 0) is 19.1 Å². The second-order valence-corrected chi connectivity index (χ2v) is 10.3. The van der Waals surface area contributed by atoms with Gasteiger partial charge in [-0.25, -0.2) is 4.79 Å². The fourth-order valence-electron chi connectivity index (χ4n) is 2.82. The second-order valence-electron chi connectivity index (χ2n) is 10.3. The van der Waals surface area contributed by atoms with E-state index in [-0.39, 0.29) is 31.6 Å². The maximum atomic E-state index is 12.7. The molecule has 1 aromatic carbocycles. The molecule has 0 aliphatic heterocycles. The van der Waals surface area contributed by atoms with Crippen LogP contribution in [0.15, 0.2) is 42.0 Å². The van der Waals surface area contributed by atoms with E-state index in [0.717, 1.165) is 5.57 Å². The molecule has 8 nitrogen and oxygen atoms in total. The molecule has 2 amide bonds. The van der Waals surface area contributed by atoms with Gasteiger partial charge in [0.05, 0.1) is 13.2 Å². The molecule has 0 heterocycles. The van der Waals surface area contributed by atoms with Gasteiger partial charge in [-0.15, -0.1) is 0 Å². The van der Waals surface area contributed by atoms with Crippen molar-refractivity contribution in [3.63, 3.8) is 0 Å². The number of benzene rings is 1.